The molecule has 14 heavy (non-hydrogen) atoms. The molecule has 1 aromatic rings. The van der Waals surface area contributed by atoms with Gasteiger partial charge in [0.1, 0.15) is 5.82 Å². The van der Waals surface area contributed by atoms with Crippen molar-refractivity contribution in [2.45, 2.75) is 0 Å². The van der Waals surface area contributed by atoms with Crippen molar-refractivity contribution < 1.29 is 4.39 Å². The molecule has 0 heterocycles. The van der Waals surface area contributed by atoms with Crippen LogP contribution in [0, 0.1) is 5.82 Å². The second kappa shape index (κ2) is 4.63. The summed E-state index contributed by atoms with van der Waals surface area (Å²) >= 11 is 8.51. The molecule has 3 nitrogen and oxygen atoms in total. The molecule has 0 aromatic heterocycles. The molecule has 0 aliphatic rings. The van der Waals surface area contributed by atoms with E-state index in [1.807, 2.05) is 0 Å². The second-order valence-corrected chi connectivity index (χ2v) is 3.84. The van der Waals surface area contributed by atoms with Crippen molar-refractivity contribution in [3.63, 3.8) is 0 Å². The molecule has 1 aromatic carbocycles. The molecule has 76 valence electrons. The molecule has 0 unspecified atom stereocenters. The summed E-state index contributed by atoms with van der Waals surface area (Å²) in [7, 11) is 0. The number of anilines is 1. The Balaban J connectivity index is 2.97. The van der Waals surface area contributed by atoms with Gasteiger partial charge in [0.15, 0.2) is 0 Å². The molecule has 0 bridgehead atoms. The maximum absolute atomic E-state index is 13.0. The fourth-order valence-corrected chi connectivity index (χ4v) is 1.19. The van der Waals surface area contributed by atoms with E-state index in [1.165, 1.54) is 23.3 Å². The number of halogens is 3. The van der Waals surface area contributed by atoms with Gasteiger partial charge in [0.05, 0.1) is 21.5 Å². The topological polar surface area (TPSA) is 55.3 Å². The summed E-state index contributed by atoms with van der Waals surface area (Å²) in [6.45, 7) is 0. The van der Waals surface area contributed by atoms with Gasteiger partial charge in [-0.05, 0) is 28.1 Å². The number of nitrogens with two attached hydrogens (primary N) is 2. The minimum absolute atomic E-state index is 0.0537. The number of rotatable bonds is 2. The lowest BCUT2D eigenvalue weighted by molar-refractivity contribution is 0.628. The standard InChI is InChI=1S/C8H8BrClFN3/c9-8(12)4-14(13)5-1-2-6(10)7(11)3-5/h1-4H,12-13H2/b8-4-. The monoisotopic (exact) mass is 279 g/mol. The van der Waals surface area contributed by atoms with Crippen molar-refractivity contribution in [1.82, 2.24) is 0 Å². The Bertz CT molecular complexity index is 366. The summed E-state index contributed by atoms with van der Waals surface area (Å²) in [6.07, 6.45) is 1.41. The zero-order valence-corrected chi connectivity index (χ0v) is 9.39. The molecule has 0 atom stereocenters. The summed E-state index contributed by atoms with van der Waals surface area (Å²) in [6, 6.07) is 4.22. The van der Waals surface area contributed by atoms with E-state index in [0.29, 0.717) is 10.3 Å². The van der Waals surface area contributed by atoms with Crippen molar-refractivity contribution in [2.75, 3.05) is 5.01 Å². The van der Waals surface area contributed by atoms with Gasteiger partial charge in [-0.25, -0.2) is 10.2 Å². The summed E-state index contributed by atoms with van der Waals surface area (Å²) in [5, 5.41) is 1.24. The van der Waals surface area contributed by atoms with Crippen LogP contribution in [0.4, 0.5) is 10.1 Å². The van der Waals surface area contributed by atoms with E-state index < -0.39 is 5.82 Å². The van der Waals surface area contributed by atoms with Gasteiger partial charge < -0.3 is 5.73 Å². The Labute approximate surface area is 94.2 Å². The molecular formula is C8H8BrClFN3. The van der Waals surface area contributed by atoms with Gasteiger partial charge in [-0.3, -0.25) is 5.01 Å². The van der Waals surface area contributed by atoms with E-state index in [9.17, 15) is 4.39 Å². The van der Waals surface area contributed by atoms with Gasteiger partial charge in [-0.2, -0.15) is 0 Å². The highest BCUT2D eigenvalue weighted by atomic mass is 79.9. The van der Waals surface area contributed by atoms with Gasteiger partial charge in [-0.1, -0.05) is 11.6 Å². The van der Waals surface area contributed by atoms with E-state index in [0.717, 1.165) is 0 Å². The van der Waals surface area contributed by atoms with Gasteiger partial charge in [-0.15, -0.1) is 0 Å². The Hall–Kier alpha value is -0.780. The average Bonchev–Trinajstić information content (AvgIpc) is 2.08. The SMILES string of the molecule is N/C(Br)=C\N(N)c1ccc(Cl)c(F)c1. The third-order valence-corrected chi connectivity index (χ3v) is 1.98. The third-order valence-electron chi connectivity index (χ3n) is 1.46. The molecule has 0 saturated heterocycles. The summed E-state index contributed by atoms with van der Waals surface area (Å²) in [5.74, 6) is 5.03. The van der Waals surface area contributed by atoms with Crippen molar-refractivity contribution in [2.24, 2.45) is 11.6 Å². The first-order valence-corrected chi connectivity index (χ1v) is 4.79. The Kier molecular flexibility index (Phi) is 3.74. The first-order chi connectivity index (χ1) is 6.50. The molecular weight excluding hydrogens is 272 g/mol. The lowest BCUT2D eigenvalue weighted by Gasteiger charge is -2.13. The van der Waals surface area contributed by atoms with Gasteiger partial charge in [0, 0.05) is 6.07 Å². The fraction of sp³-hybridized carbons (Fsp3) is 0. The van der Waals surface area contributed by atoms with Crippen LogP contribution in [-0.4, -0.2) is 0 Å². The summed E-state index contributed by atoms with van der Waals surface area (Å²) in [5.41, 5.74) is 5.79. The minimum atomic E-state index is -0.527. The van der Waals surface area contributed by atoms with Crippen LogP contribution >= 0.6 is 27.5 Å². The molecule has 0 spiro atoms. The van der Waals surface area contributed by atoms with Crippen molar-refractivity contribution >= 4 is 33.2 Å². The maximum Gasteiger partial charge on any atom is 0.143 e. The van der Waals surface area contributed by atoms with E-state index >= 15 is 0 Å². The number of hydrazine groups is 1. The van der Waals surface area contributed by atoms with Gasteiger partial charge in [0.2, 0.25) is 0 Å². The van der Waals surface area contributed by atoms with E-state index in [-0.39, 0.29) is 5.02 Å². The molecule has 0 saturated carbocycles. The minimum Gasteiger partial charge on any atom is -0.392 e. The summed E-state index contributed by atoms with van der Waals surface area (Å²) in [4.78, 5) is 0. The Morgan fingerprint density at radius 3 is 2.71 bits per heavy atom. The highest BCUT2D eigenvalue weighted by Gasteiger charge is 2.03. The van der Waals surface area contributed by atoms with Crippen LogP contribution in [0.25, 0.3) is 0 Å². The van der Waals surface area contributed by atoms with Crippen LogP contribution in [0.3, 0.4) is 0 Å². The smallest absolute Gasteiger partial charge is 0.143 e. The van der Waals surface area contributed by atoms with Crippen LogP contribution < -0.4 is 16.6 Å². The fourth-order valence-electron chi connectivity index (χ4n) is 0.853. The normalized spacial score (nSPS) is 11.6. The number of hydrogen-bond acceptors (Lipinski definition) is 3. The predicted molar refractivity (Wildman–Crippen MR) is 59.3 cm³/mol. The van der Waals surface area contributed by atoms with Gasteiger partial charge in [0.25, 0.3) is 0 Å². The molecule has 0 aliphatic heterocycles. The average molecular weight is 281 g/mol. The van der Waals surface area contributed by atoms with Crippen LogP contribution in [0.15, 0.2) is 29.0 Å². The highest BCUT2D eigenvalue weighted by Crippen LogP contribution is 2.20. The molecule has 4 N–H and O–H groups in total. The third kappa shape index (κ3) is 2.87. The van der Waals surface area contributed by atoms with E-state index in [2.05, 4.69) is 15.9 Å². The van der Waals surface area contributed by atoms with Crippen LogP contribution in [0.5, 0.6) is 0 Å². The maximum atomic E-state index is 13.0. The van der Waals surface area contributed by atoms with Crippen molar-refractivity contribution in [3.8, 4) is 0 Å². The summed E-state index contributed by atoms with van der Waals surface area (Å²) < 4.78 is 13.3. The van der Waals surface area contributed by atoms with Crippen molar-refractivity contribution in [1.29, 1.82) is 0 Å². The predicted octanol–water partition coefficient (Wildman–Crippen LogP) is 2.31. The molecule has 0 aliphatic carbocycles. The van der Waals surface area contributed by atoms with Crippen LogP contribution in [0.1, 0.15) is 0 Å². The van der Waals surface area contributed by atoms with E-state index in [4.69, 9.17) is 23.2 Å². The van der Waals surface area contributed by atoms with Crippen molar-refractivity contribution in [3.05, 3.63) is 39.8 Å². The van der Waals surface area contributed by atoms with Gasteiger partial charge >= 0.3 is 0 Å². The lowest BCUT2D eigenvalue weighted by Crippen LogP contribution is -2.25. The lowest BCUT2D eigenvalue weighted by atomic mass is 10.3. The van der Waals surface area contributed by atoms with E-state index in [1.54, 1.807) is 6.07 Å². The first-order valence-electron chi connectivity index (χ1n) is 3.62. The Morgan fingerprint density at radius 1 is 1.57 bits per heavy atom. The molecule has 1 rings (SSSR count). The Morgan fingerprint density at radius 2 is 2.21 bits per heavy atom. The molecule has 0 fully saturated rings. The second-order valence-electron chi connectivity index (χ2n) is 2.52. The number of benzene rings is 1. The zero-order chi connectivity index (χ0) is 10.7. The van der Waals surface area contributed by atoms with Crippen LogP contribution in [0.2, 0.25) is 5.02 Å². The number of hydrogen-bond donors (Lipinski definition) is 2. The largest absolute Gasteiger partial charge is 0.392 e. The molecule has 0 radical (unpaired) electrons. The highest BCUT2D eigenvalue weighted by molar-refractivity contribution is 9.11. The quantitative estimate of drug-likeness (QED) is 0.496. The van der Waals surface area contributed by atoms with Crippen LogP contribution in [-0.2, 0) is 0 Å². The molecule has 0 amide bonds. The number of nitrogens with zero attached hydrogens (tertiary/aromatic N) is 1. The zero-order valence-electron chi connectivity index (χ0n) is 7.05. The molecule has 6 heteroatoms. The first kappa shape index (κ1) is 11.3.